The summed E-state index contributed by atoms with van der Waals surface area (Å²) in [5.41, 5.74) is 2.62. The second-order valence-electron chi connectivity index (χ2n) is 3.75. The Kier molecular flexibility index (Phi) is 2.72. The van der Waals surface area contributed by atoms with Crippen LogP contribution < -0.4 is 10.5 Å². The van der Waals surface area contributed by atoms with Gasteiger partial charge in [-0.2, -0.15) is 0 Å². The van der Waals surface area contributed by atoms with Crippen molar-refractivity contribution >= 4 is 5.69 Å². The molecule has 0 aliphatic heterocycles. The van der Waals surface area contributed by atoms with Crippen LogP contribution in [0.15, 0.2) is 41.5 Å². The molecule has 1 N–H and O–H groups in total. The van der Waals surface area contributed by atoms with Crippen LogP contribution in [0.2, 0.25) is 0 Å². The molecule has 0 bridgehead atoms. The zero-order valence-electron chi connectivity index (χ0n) is 9.27. The highest BCUT2D eigenvalue weighted by Crippen LogP contribution is 2.18. The maximum atomic E-state index is 11.1. The number of hydrogen-bond acceptors (Lipinski definition) is 3. The lowest BCUT2D eigenvalue weighted by molar-refractivity contribution is 1.13. The Labute approximate surface area is 93.6 Å². The summed E-state index contributed by atoms with van der Waals surface area (Å²) in [5, 5.41) is 0. The fraction of sp³-hybridized carbons (Fsp3) is 0.167. The maximum Gasteiger partial charge on any atom is 0.266 e. The van der Waals surface area contributed by atoms with Gasteiger partial charge in [-0.05, 0) is 17.7 Å². The van der Waals surface area contributed by atoms with Crippen molar-refractivity contribution < 1.29 is 0 Å². The van der Waals surface area contributed by atoms with E-state index in [0.717, 1.165) is 16.9 Å². The van der Waals surface area contributed by atoms with E-state index < -0.39 is 0 Å². The molecule has 0 aliphatic rings. The van der Waals surface area contributed by atoms with Crippen molar-refractivity contribution in [3.63, 3.8) is 0 Å². The van der Waals surface area contributed by atoms with Gasteiger partial charge in [0.1, 0.15) is 0 Å². The van der Waals surface area contributed by atoms with E-state index in [0.29, 0.717) is 0 Å². The molecular weight excluding hydrogens is 202 g/mol. The molecule has 0 unspecified atom stereocenters. The molecule has 0 spiro atoms. The molecule has 2 aromatic rings. The summed E-state index contributed by atoms with van der Waals surface area (Å²) in [6.45, 7) is 0. The molecule has 1 heterocycles. The van der Waals surface area contributed by atoms with Crippen LogP contribution in [0, 0.1) is 0 Å². The Morgan fingerprint density at radius 1 is 1.12 bits per heavy atom. The van der Waals surface area contributed by atoms with Crippen molar-refractivity contribution in [1.29, 1.82) is 0 Å². The lowest BCUT2D eigenvalue weighted by atomic mass is 10.1. The minimum Gasteiger partial charge on any atom is -0.378 e. The number of rotatable bonds is 2. The highest BCUT2D eigenvalue weighted by Gasteiger charge is 2.00. The van der Waals surface area contributed by atoms with Crippen molar-refractivity contribution in [3.05, 3.63) is 47.0 Å². The molecular formula is C12H13N3O. The van der Waals surface area contributed by atoms with Gasteiger partial charge in [-0.25, -0.2) is 0 Å². The van der Waals surface area contributed by atoms with Gasteiger partial charge in [-0.1, -0.05) is 12.1 Å². The zero-order chi connectivity index (χ0) is 11.5. The normalized spacial score (nSPS) is 10.1. The number of aromatic nitrogens is 2. The monoisotopic (exact) mass is 215 g/mol. The minimum absolute atomic E-state index is 0.186. The molecule has 1 aromatic carbocycles. The largest absolute Gasteiger partial charge is 0.378 e. The lowest BCUT2D eigenvalue weighted by Gasteiger charge is -2.12. The highest BCUT2D eigenvalue weighted by atomic mass is 16.1. The van der Waals surface area contributed by atoms with Crippen LogP contribution in [0.4, 0.5) is 5.69 Å². The van der Waals surface area contributed by atoms with E-state index in [1.165, 1.54) is 6.20 Å². The lowest BCUT2D eigenvalue weighted by Crippen LogP contribution is -2.08. The molecule has 2 rings (SSSR count). The fourth-order valence-electron chi connectivity index (χ4n) is 1.46. The van der Waals surface area contributed by atoms with Crippen molar-refractivity contribution in [2.24, 2.45) is 0 Å². The molecule has 4 nitrogen and oxygen atoms in total. The topological polar surface area (TPSA) is 49.0 Å². The molecule has 0 amide bonds. The van der Waals surface area contributed by atoms with E-state index in [4.69, 9.17) is 0 Å². The number of nitrogens with zero attached hydrogens (tertiary/aromatic N) is 2. The third-order valence-corrected chi connectivity index (χ3v) is 2.35. The second kappa shape index (κ2) is 4.18. The summed E-state index contributed by atoms with van der Waals surface area (Å²) in [6, 6.07) is 7.92. The summed E-state index contributed by atoms with van der Waals surface area (Å²) in [7, 11) is 3.97. The number of aromatic amines is 1. The van der Waals surface area contributed by atoms with Gasteiger partial charge in [0.25, 0.3) is 5.56 Å². The predicted octanol–water partition coefficient (Wildman–Crippen LogP) is 1.50. The van der Waals surface area contributed by atoms with Gasteiger partial charge < -0.3 is 9.88 Å². The number of nitrogens with one attached hydrogen (secondary N) is 1. The molecule has 0 aliphatic carbocycles. The van der Waals surface area contributed by atoms with Crippen LogP contribution in [-0.4, -0.2) is 24.1 Å². The Balaban J connectivity index is 2.38. The van der Waals surface area contributed by atoms with Crippen LogP contribution in [0.5, 0.6) is 0 Å². The van der Waals surface area contributed by atoms with Gasteiger partial charge in [0, 0.05) is 19.8 Å². The Hall–Kier alpha value is -2.10. The van der Waals surface area contributed by atoms with E-state index in [1.807, 2.05) is 43.3 Å². The standard InChI is InChI=1S/C12H13N3O/c1-15(2)10-5-3-9(4-6-10)11-7-13-8-12(16)14-11/h3-8H,1-2H3,(H,14,16). The van der Waals surface area contributed by atoms with E-state index in [1.54, 1.807) is 6.20 Å². The number of anilines is 1. The molecule has 0 saturated heterocycles. The smallest absolute Gasteiger partial charge is 0.266 e. The van der Waals surface area contributed by atoms with Crippen molar-refractivity contribution in [2.75, 3.05) is 19.0 Å². The van der Waals surface area contributed by atoms with E-state index in [9.17, 15) is 4.79 Å². The molecule has 0 radical (unpaired) electrons. The molecule has 82 valence electrons. The number of benzene rings is 1. The average Bonchev–Trinajstić information content (AvgIpc) is 2.29. The SMILES string of the molecule is CN(C)c1ccc(-c2cncc(=O)[nH]2)cc1. The van der Waals surface area contributed by atoms with Crippen LogP contribution >= 0.6 is 0 Å². The summed E-state index contributed by atoms with van der Waals surface area (Å²) in [6.07, 6.45) is 2.91. The quantitative estimate of drug-likeness (QED) is 0.826. The summed E-state index contributed by atoms with van der Waals surface area (Å²) in [4.78, 5) is 19.7. The van der Waals surface area contributed by atoms with E-state index >= 15 is 0 Å². The Bertz CT molecular complexity index is 528. The third kappa shape index (κ3) is 2.11. The van der Waals surface area contributed by atoms with Crippen molar-refractivity contribution in [2.45, 2.75) is 0 Å². The van der Waals surface area contributed by atoms with Gasteiger partial charge in [0.05, 0.1) is 18.1 Å². The fourth-order valence-corrected chi connectivity index (χ4v) is 1.46. The highest BCUT2D eigenvalue weighted by molar-refractivity contribution is 5.61. The third-order valence-electron chi connectivity index (χ3n) is 2.35. The van der Waals surface area contributed by atoms with Crippen molar-refractivity contribution in [3.8, 4) is 11.3 Å². The molecule has 0 fully saturated rings. The van der Waals surface area contributed by atoms with Crippen LogP contribution in [-0.2, 0) is 0 Å². The second-order valence-corrected chi connectivity index (χ2v) is 3.75. The molecule has 0 atom stereocenters. The first kappa shape index (κ1) is 10.4. The van der Waals surface area contributed by atoms with Gasteiger partial charge in [-0.3, -0.25) is 9.78 Å². The maximum absolute atomic E-state index is 11.1. The summed E-state index contributed by atoms with van der Waals surface area (Å²) >= 11 is 0. The van der Waals surface area contributed by atoms with Gasteiger partial charge >= 0.3 is 0 Å². The molecule has 0 saturated carbocycles. The predicted molar refractivity (Wildman–Crippen MR) is 64.6 cm³/mol. The Morgan fingerprint density at radius 2 is 1.81 bits per heavy atom. The van der Waals surface area contributed by atoms with Gasteiger partial charge in [-0.15, -0.1) is 0 Å². The summed E-state index contributed by atoms with van der Waals surface area (Å²) < 4.78 is 0. The van der Waals surface area contributed by atoms with Crippen molar-refractivity contribution in [1.82, 2.24) is 9.97 Å². The van der Waals surface area contributed by atoms with Crippen LogP contribution in [0.1, 0.15) is 0 Å². The van der Waals surface area contributed by atoms with E-state index in [2.05, 4.69) is 9.97 Å². The summed E-state index contributed by atoms with van der Waals surface area (Å²) in [5.74, 6) is 0. The minimum atomic E-state index is -0.186. The number of H-pyrrole nitrogens is 1. The van der Waals surface area contributed by atoms with E-state index in [-0.39, 0.29) is 5.56 Å². The molecule has 16 heavy (non-hydrogen) atoms. The first-order chi connectivity index (χ1) is 7.66. The average molecular weight is 215 g/mol. The van der Waals surface area contributed by atoms with Crippen LogP contribution in [0.25, 0.3) is 11.3 Å². The first-order valence-electron chi connectivity index (χ1n) is 4.99. The van der Waals surface area contributed by atoms with Gasteiger partial charge in [0.2, 0.25) is 0 Å². The van der Waals surface area contributed by atoms with Gasteiger partial charge in [0.15, 0.2) is 0 Å². The molecule has 1 aromatic heterocycles. The molecule has 4 heteroatoms. The van der Waals surface area contributed by atoms with Crippen LogP contribution in [0.3, 0.4) is 0 Å². The first-order valence-corrected chi connectivity index (χ1v) is 4.99. The number of hydrogen-bond donors (Lipinski definition) is 1. The zero-order valence-corrected chi connectivity index (χ0v) is 9.27. The Morgan fingerprint density at radius 3 is 2.38 bits per heavy atom.